The second kappa shape index (κ2) is 8.20. The summed E-state index contributed by atoms with van der Waals surface area (Å²) in [4.78, 5) is 22.3. The number of hydrogen-bond donors (Lipinski definition) is 2. The van der Waals surface area contributed by atoms with Gasteiger partial charge in [-0.1, -0.05) is 23.2 Å². The van der Waals surface area contributed by atoms with Gasteiger partial charge in [-0.05, 0) is 36.4 Å². The molecule has 2 N–H and O–H groups in total. The van der Waals surface area contributed by atoms with Crippen LogP contribution in [0, 0.1) is 10.1 Å². The maximum absolute atomic E-state index is 12.2. The van der Waals surface area contributed by atoms with E-state index in [1.165, 1.54) is 18.2 Å². The Bertz CT molecular complexity index is 1050. The highest BCUT2D eigenvalue weighted by molar-refractivity contribution is 6.35. The molecule has 0 unspecified atom stereocenters. The second-order valence-electron chi connectivity index (χ2n) is 5.54. The number of non-ortho nitro benzene ring substituents is 1. The molecule has 8 nitrogen and oxygen atoms in total. The van der Waals surface area contributed by atoms with Crippen LogP contribution in [-0.2, 0) is 6.61 Å². The van der Waals surface area contributed by atoms with Gasteiger partial charge in [-0.15, -0.1) is 0 Å². The van der Waals surface area contributed by atoms with Gasteiger partial charge in [0.05, 0.1) is 21.7 Å². The molecule has 2 aromatic carbocycles. The number of anilines is 1. The lowest BCUT2D eigenvalue weighted by atomic mass is 10.2. The number of nitrogens with one attached hydrogen (secondary N) is 1. The van der Waals surface area contributed by atoms with Gasteiger partial charge in [0.25, 0.3) is 11.6 Å². The number of phenols is 1. The molecular weight excluding hydrogens is 411 g/mol. The Labute approximate surface area is 168 Å². The molecule has 0 fully saturated rings. The molecule has 1 heterocycles. The number of phenolic OH excluding ortho intramolecular Hbond substituents is 1. The third kappa shape index (κ3) is 4.54. The number of aromatic hydroxyl groups is 1. The van der Waals surface area contributed by atoms with E-state index in [1.807, 2.05) is 0 Å². The Morgan fingerprint density at radius 2 is 1.96 bits per heavy atom. The fraction of sp³-hybridized carbons (Fsp3) is 0.0556. The smallest absolute Gasteiger partial charge is 0.291 e. The predicted molar refractivity (Wildman–Crippen MR) is 102 cm³/mol. The first-order valence-corrected chi connectivity index (χ1v) is 8.54. The van der Waals surface area contributed by atoms with E-state index < -0.39 is 16.6 Å². The van der Waals surface area contributed by atoms with Crippen LogP contribution in [0.15, 0.2) is 52.9 Å². The minimum atomic E-state index is -0.656. The van der Waals surface area contributed by atoms with Gasteiger partial charge in [0.2, 0.25) is 0 Å². The van der Waals surface area contributed by atoms with Crippen LogP contribution in [0.5, 0.6) is 11.5 Å². The van der Waals surface area contributed by atoms with Crippen molar-refractivity contribution in [3.05, 3.63) is 80.2 Å². The molecule has 0 radical (unpaired) electrons. The molecule has 3 rings (SSSR count). The van der Waals surface area contributed by atoms with Gasteiger partial charge in [-0.2, -0.15) is 0 Å². The second-order valence-corrected chi connectivity index (χ2v) is 6.39. The molecule has 0 saturated heterocycles. The fourth-order valence-corrected chi connectivity index (χ4v) is 2.70. The van der Waals surface area contributed by atoms with E-state index in [0.29, 0.717) is 21.6 Å². The first-order valence-electron chi connectivity index (χ1n) is 7.79. The van der Waals surface area contributed by atoms with Crippen LogP contribution in [0.1, 0.15) is 16.3 Å². The van der Waals surface area contributed by atoms with Crippen molar-refractivity contribution in [1.29, 1.82) is 0 Å². The zero-order valence-electron chi connectivity index (χ0n) is 14.0. The molecule has 0 atom stereocenters. The van der Waals surface area contributed by atoms with E-state index in [2.05, 4.69) is 5.32 Å². The summed E-state index contributed by atoms with van der Waals surface area (Å²) >= 11 is 11.8. The third-order valence-corrected chi connectivity index (χ3v) is 4.12. The summed E-state index contributed by atoms with van der Waals surface area (Å²) in [5, 5.41) is 23.7. The lowest BCUT2D eigenvalue weighted by Gasteiger charge is -2.07. The lowest BCUT2D eigenvalue weighted by molar-refractivity contribution is -0.384. The van der Waals surface area contributed by atoms with Crippen molar-refractivity contribution >= 4 is 40.5 Å². The first-order chi connectivity index (χ1) is 13.3. The van der Waals surface area contributed by atoms with Crippen molar-refractivity contribution in [2.45, 2.75) is 6.61 Å². The molecule has 28 heavy (non-hydrogen) atoms. The van der Waals surface area contributed by atoms with Crippen LogP contribution in [0.2, 0.25) is 10.0 Å². The average molecular weight is 423 g/mol. The van der Waals surface area contributed by atoms with Crippen molar-refractivity contribution in [1.82, 2.24) is 0 Å². The quantitative estimate of drug-likeness (QED) is 0.326. The van der Waals surface area contributed by atoms with Gasteiger partial charge < -0.3 is 19.6 Å². The highest BCUT2D eigenvalue weighted by Gasteiger charge is 2.16. The Morgan fingerprint density at radius 3 is 2.64 bits per heavy atom. The van der Waals surface area contributed by atoms with E-state index in [9.17, 15) is 20.0 Å². The number of carbonyl (C=O) groups excluding carboxylic acids is 1. The number of rotatable bonds is 6. The van der Waals surface area contributed by atoms with Gasteiger partial charge in [0.15, 0.2) is 5.76 Å². The fourth-order valence-electron chi connectivity index (χ4n) is 2.24. The van der Waals surface area contributed by atoms with E-state index in [4.69, 9.17) is 32.4 Å². The number of furan rings is 1. The molecule has 0 saturated carbocycles. The normalized spacial score (nSPS) is 10.5. The maximum Gasteiger partial charge on any atom is 0.291 e. The molecule has 10 heteroatoms. The highest BCUT2D eigenvalue weighted by atomic mass is 35.5. The Morgan fingerprint density at radius 1 is 1.18 bits per heavy atom. The number of nitro benzene ring substituents is 1. The highest BCUT2D eigenvalue weighted by Crippen LogP contribution is 2.29. The minimum Gasteiger partial charge on any atom is -0.506 e. The monoisotopic (exact) mass is 422 g/mol. The van der Waals surface area contributed by atoms with Crippen molar-refractivity contribution in [3.63, 3.8) is 0 Å². The number of nitro groups is 1. The van der Waals surface area contributed by atoms with Crippen molar-refractivity contribution in [2.75, 3.05) is 5.32 Å². The Kier molecular flexibility index (Phi) is 5.72. The van der Waals surface area contributed by atoms with Crippen LogP contribution in [0.3, 0.4) is 0 Å². The molecule has 1 amide bonds. The summed E-state index contributed by atoms with van der Waals surface area (Å²) in [7, 11) is 0. The number of nitrogens with zero attached hydrogens (tertiary/aromatic N) is 1. The zero-order valence-corrected chi connectivity index (χ0v) is 15.5. The SMILES string of the molecule is O=C(Nc1ccc([N+](=O)[O-])cc1O)c1ccc(COc2ccc(Cl)cc2Cl)o1. The largest absolute Gasteiger partial charge is 0.506 e. The summed E-state index contributed by atoms with van der Waals surface area (Å²) < 4.78 is 10.9. The van der Waals surface area contributed by atoms with E-state index in [0.717, 1.165) is 12.1 Å². The van der Waals surface area contributed by atoms with E-state index in [1.54, 1.807) is 18.2 Å². The Hall–Kier alpha value is -3.23. The Balaban J connectivity index is 1.64. The zero-order chi connectivity index (χ0) is 20.3. The van der Waals surface area contributed by atoms with Gasteiger partial charge >= 0.3 is 0 Å². The summed E-state index contributed by atoms with van der Waals surface area (Å²) in [6.45, 7) is 0.0252. The topological polar surface area (TPSA) is 115 Å². The number of amides is 1. The molecule has 0 bridgehead atoms. The molecule has 1 aromatic heterocycles. The number of halogens is 2. The van der Waals surface area contributed by atoms with Gasteiger partial charge in [-0.3, -0.25) is 14.9 Å². The minimum absolute atomic E-state index is 0.0118. The number of hydrogen-bond acceptors (Lipinski definition) is 6. The average Bonchev–Trinajstić information content (AvgIpc) is 3.11. The van der Waals surface area contributed by atoms with Crippen LogP contribution in [-0.4, -0.2) is 15.9 Å². The molecular formula is C18H12Cl2N2O6. The van der Waals surface area contributed by atoms with E-state index >= 15 is 0 Å². The molecule has 0 aliphatic heterocycles. The summed E-state index contributed by atoms with van der Waals surface area (Å²) in [5.41, 5.74) is -0.286. The summed E-state index contributed by atoms with van der Waals surface area (Å²) in [6, 6.07) is 11.1. The van der Waals surface area contributed by atoms with Crippen molar-refractivity contribution in [2.24, 2.45) is 0 Å². The van der Waals surface area contributed by atoms with E-state index in [-0.39, 0.29) is 23.7 Å². The maximum atomic E-state index is 12.2. The van der Waals surface area contributed by atoms with Crippen LogP contribution in [0.25, 0.3) is 0 Å². The predicted octanol–water partition coefficient (Wildman–Crippen LogP) is 5.03. The molecule has 0 spiro atoms. The summed E-state index contributed by atoms with van der Waals surface area (Å²) in [5.74, 6) is -0.332. The van der Waals surface area contributed by atoms with Crippen LogP contribution < -0.4 is 10.1 Å². The summed E-state index contributed by atoms with van der Waals surface area (Å²) in [6.07, 6.45) is 0. The molecule has 3 aromatic rings. The van der Waals surface area contributed by atoms with Crippen molar-refractivity contribution in [3.8, 4) is 11.5 Å². The number of carbonyl (C=O) groups is 1. The first kappa shape index (κ1) is 19.5. The van der Waals surface area contributed by atoms with Crippen molar-refractivity contribution < 1.29 is 24.0 Å². The standard InChI is InChI=1S/C18H12Cl2N2O6/c19-10-1-5-16(13(20)7-10)27-9-12-3-6-17(28-12)18(24)21-14-4-2-11(22(25)26)8-15(14)23/h1-8,23H,9H2,(H,21,24). The number of ether oxygens (including phenoxy) is 1. The van der Waals surface area contributed by atoms with Gasteiger partial charge in [0, 0.05) is 11.1 Å². The number of benzene rings is 2. The molecule has 0 aliphatic carbocycles. The van der Waals surface area contributed by atoms with Crippen LogP contribution in [0.4, 0.5) is 11.4 Å². The van der Waals surface area contributed by atoms with Crippen LogP contribution >= 0.6 is 23.2 Å². The third-order valence-electron chi connectivity index (χ3n) is 3.59. The van der Waals surface area contributed by atoms with Gasteiger partial charge in [0.1, 0.15) is 23.9 Å². The molecule has 0 aliphatic rings. The lowest BCUT2D eigenvalue weighted by Crippen LogP contribution is -2.11. The van der Waals surface area contributed by atoms with Gasteiger partial charge in [-0.25, -0.2) is 0 Å². The molecule has 144 valence electrons.